The normalized spacial score (nSPS) is 10.6. The molecule has 1 aromatic heterocycles. The highest BCUT2D eigenvalue weighted by Gasteiger charge is 2.11. The number of rotatable bonds is 9. The molecule has 0 aliphatic rings. The molecule has 0 bridgehead atoms. The molecule has 0 amide bonds. The summed E-state index contributed by atoms with van der Waals surface area (Å²) in [6, 6.07) is 18.2. The van der Waals surface area contributed by atoms with Crippen molar-refractivity contribution in [2.75, 3.05) is 6.61 Å². The Morgan fingerprint density at radius 2 is 1.93 bits per heavy atom. The van der Waals surface area contributed by atoms with Crippen LogP contribution >= 0.6 is 22.9 Å². The minimum atomic E-state index is -0.158. The van der Waals surface area contributed by atoms with Crippen LogP contribution in [0.15, 0.2) is 60.0 Å². The second-order valence-electron chi connectivity index (χ2n) is 6.35. The quantitative estimate of drug-likeness (QED) is 0.373. The molecule has 3 aromatic rings. The first-order valence-electron chi connectivity index (χ1n) is 9.36. The summed E-state index contributed by atoms with van der Waals surface area (Å²) >= 11 is 8.13. The molecule has 0 fully saturated rings. The summed E-state index contributed by atoms with van der Waals surface area (Å²) < 4.78 is 11.0. The summed E-state index contributed by atoms with van der Waals surface area (Å²) in [6.07, 6.45) is 1.89. The van der Waals surface area contributed by atoms with Crippen molar-refractivity contribution >= 4 is 28.9 Å². The lowest BCUT2D eigenvalue weighted by molar-refractivity contribution is -0.143. The van der Waals surface area contributed by atoms with Crippen molar-refractivity contribution in [3.8, 4) is 16.2 Å². The Morgan fingerprint density at radius 1 is 1.11 bits per heavy atom. The molecule has 0 saturated heterocycles. The van der Waals surface area contributed by atoms with Crippen molar-refractivity contribution in [3.63, 3.8) is 0 Å². The number of ether oxygens (including phenoxy) is 2. The van der Waals surface area contributed by atoms with Gasteiger partial charge in [-0.05, 0) is 54.0 Å². The number of aryl methyl sites for hydroxylation is 1. The predicted octanol–water partition coefficient (Wildman–Crippen LogP) is 6.53. The molecule has 0 spiro atoms. The van der Waals surface area contributed by atoms with Gasteiger partial charge in [-0.15, -0.1) is 11.3 Å². The molecule has 0 aliphatic heterocycles. The second-order valence-corrected chi connectivity index (χ2v) is 7.68. The van der Waals surface area contributed by atoms with Crippen LogP contribution < -0.4 is 4.74 Å². The maximum absolute atomic E-state index is 11.5. The molecule has 0 unspecified atom stereocenters. The maximum atomic E-state index is 11.5. The minimum absolute atomic E-state index is 0.158. The zero-order valence-electron chi connectivity index (χ0n) is 15.8. The SMILES string of the molecule is CCOC(=O)CCCc1ccc(-c2sccc2OCc2ccccc2)cc1Cl. The van der Waals surface area contributed by atoms with E-state index < -0.39 is 0 Å². The Morgan fingerprint density at radius 3 is 2.68 bits per heavy atom. The van der Waals surface area contributed by atoms with Crippen LogP contribution in [0.3, 0.4) is 0 Å². The van der Waals surface area contributed by atoms with Gasteiger partial charge in [0.1, 0.15) is 12.4 Å². The number of carbonyl (C=O) groups is 1. The molecular formula is C23H23ClO3S. The largest absolute Gasteiger partial charge is 0.487 e. The van der Waals surface area contributed by atoms with Gasteiger partial charge in [0.05, 0.1) is 11.5 Å². The standard InChI is InChI=1S/C23H23ClO3S/c1-2-26-22(25)10-6-9-18-11-12-19(15-20(18)24)23-21(13-14-28-23)27-16-17-7-4-3-5-8-17/h3-5,7-8,11-15H,2,6,9-10,16H2,1H3. The van der Waals surface area contributed by atoms with Crippen LogP contribution in [0.25, 0.3) is 10.4 Å². The molecule has 2 aromatic carbocycles. The first kappa shape index (κ1) is 20.4. The molecule has 0 atom stereocenters. The van der Waals surface area contributed by atoms with Crippen molar-refractivity contribution < 1.29 is 14.3 Å². The number of halogens is 1. The summed E-state index contributed by atoms with van der Waals surface area (Å²) in [7, 11) is 0. The number of hydrogen-bond donors (Lipinski definition) is 0. The molecule has 146 valence electrons. The summed E-state index contributed by atoms with van der Waals surface area (Å²) in [5.74, 6) is 0.703. The average Bonchev–Trinajstić information content (AvgIpc) is 3.17. The first-order chi connectivity index (χ1) is 13.7. The van der Waals surface area contributed by atoms with Crippen molar-refractivity contribution in [2.45, 2.75) is 32.8 Å². The highest BCUT2D eigenvalue weighted by Crippen LogP contribution is 2.37. The average molecular weight is 415 g/mol. The molecule has 0 radical (unpaired) electrons. The molecule has 5 heteroatoms. The zero-order chi connectivity index (χ0) is 19.8. The van der Waals surface area contributed by atoms with Gasteiger partial charge in [-0.3, -0.25) is 4.79 Å². The lowest BCUT2D eigenvalue weighted by Gasteiger charge is -2.10. The molecule has 1 heterocycles. The van der Waals surface area contributed by atoms with Gasteiger partial charge in [0.25, 0.3) is 0 Å². The van der Waals surface area contributed by atoms with E-state index >= 15 is 0 Å². The fourth-order valence-corrected chi connectivity index (χ4v) is 4.01. The van der Waals surface area contributed by atoms with Gasteiger partial charge in [0.15, 0.2) is 0 Å². The van der Waals surface area contributed by atoms with Gasteiger partial charge in [-0.1, -0.05) is 54.1 Å². The molecule has 0 saturated carbocycles. The van der Waals surface area contributed by atoms with Gasteiger partial charge in [0.2, 0.25) is 0 Å². The van der Waals surface area contributed by atoms with Crippen molar-refractivity contribution in [3.05, 3.63) is 76.1 Å². The van der Waals surface area contributed by atoms with E-state index in [9.17, 15) is 4.79 Å². The molecular weight excluding hydrogens is 392 g/mol. The van der Waals surface area contributed by atoms with E-state index in [0.29, 0.717) is 24.7 Å². The van der Waals surface area contributed by atoms with Gasteiger partial charge in [0, 0.05) is 11.4 Å². The third kappa shape index (κ3) is 5.60. The Labute approximate surface area is 174 Å². The molecule has 3 rings (SSSR count). The van der Waals surface area contributed by atoms with E-state index in [0.717, 1.165) is 40.2 Å². The van der Waals surface area contributed by atoms with Gasteiger partial charge in [-0.2, -0.15) is 0 Å². The van der Waals surface area contributed by atoms with E-state index in [1.807, 2.05) is 60.8 Å². The number of esters is 1. The van der Waals surface area contributed by atoms with Crippen LogP contribution in [0.2, 0.25) is 5.02 Å². The summed E-state index contributed by atoms with van der Waals surface area (Å²) in [5.41, 5.74) is 3.21. The van der Waals surface area contributed by atoms with Gasteiger partial charge < -0.3 is 9.47 Å². The van der Waals surface area contributed by atoms with E-state index in [-0.39, 0.29) is 5.97 Å². The third-order valence-corrected chi connectivity index (χ3v) is 5.61. The molecule has 28 heavy (non-hydrogen) atoms. The smallest absolute Gasteiger partial charge is 0.305 e. The van der Waals surface area contributed by atoms with Crippen molar-refractivity contribution in [1.29, 1.82) is 0 Å². The third-order valence-electron chi connectivity index (χ3n) is 4.31. The molecule has 0 aliphatic carbocycles. The second kappa shape index (κ2) is 10.3. The first-order valence-corrected chi connectivity index (χ1v) is 10.6. The Hall–Kier alpha value is -2.30. The highest BCUT2D eigenvalue weighted by atomic mass is 35.5. The number of thiophene rings is 1. The van der Waals surface area contributed by atoms with Crippen LogP contribution in [-0.4, -0.2) is 12.6 Å². The van der Waals surface area contributed by atoms with E-state index in [1.54, 1.807) is 11.3 Å². The van der Waals surface area contributed by atoms with Crippen LogP contribution in [0.5, 0.6) is 5.75 Å². The van der Waals surface area contributed by atoms with Crippen LogP contribution in [0.4, 0.5) is 0 Å². The predicted molar refractivity (Wildman–Crippen MR) is 115 cm³/mol. The fourth-order valence-electron chi connectivity index (χ4n) is 2.90. The van der Waals surface area contributed by atoms with E-state index in [1.165, 1.54) is 0 Å². The van der Waals surface area contributed by atoms with Crippen LogP contribution in [-0.2, 0) is 22.6 Å². The summed E-state index contributed by atoms with van der Waals surface area (Å²) in [6.45, 7) is 2.77. The van der Waals surface area contributed by atoms with E-state index in [2.05, 4.69) is 6.07 Å². The number of benzene rings is 2. The minimum Gasteiger partial charge on any atom is -0.487 e. The lowest BCUT2D eigenvalue weighted by atomic mass is 10.0. The Balaban J connectivity index is 1.64. The lowest BCUT2D eigenvalue weighted by Crippen LogP contribution is -2.04. The van der Waals surface area contributed by atoms with Crippen LogP contribution in [0.1, 0.15) is 30.9 Å². The van der Waals surface area contributed by atoms with Crippen molar-refractivity contribution in [2.24, 2.45) is 0 Å². The monoisotopic (exact) mass is 414 g/mol. The molecule has 3 nitrogen and oxygen atoms in total. The Bertz CT molecular complexity index is 905. The highest BCUT2D eigenvalue weighted by molar-refractivity contribution is 7.14. The van der Waals surface area contributed by atoms with E-state index in [4.69, 9.17) is 21.1 Å². The zero-order valence-corrected chi connectivity index (χ0v) is 17.4. The van der Waals surface area contributed by atoms with Gasteiger partial charge in [-0.25, -0.2) is 0 Å². The number of hydrogen-bond acceptors (Lipinski definition) is 4. The summed E-state index contributed by atoms with van der Waals surface area (Å²) in [5, 5.41) is 2.74. The number of carbonyl (C=O) groups excluding carboxylic acids is 1. The van der Waals surface area contributed by atoms with Crippen molar-refractivity contribution in [1.82, 2.24) is 0 Å². The summed E-state index contributed by atoms with van der Waals surface area (Å²) in [4.78, 5) is 12.5. The molecule has 0 N–H and O–H groups in total. The fraction of sp³-hybridized carbons (Fsp3) is 0.261. The van der Waals surface area contributed by atoms with Gasteiger partial charge >= 0.3 is 5.97 Å². The Kier molecular flexibility index (Phi) is 7.52. The maximum Gasteiger partial charge on any atom is 0.305 e. The van der Waals surface area contributed by atoms with Crippen LogP contribution in [0, 0.1) is 0 Å². The topological polar surface area (TPSA) is 35.5 Å².